The second-order valence-corrected chi connectivity index (χ2v) is 6.16. The lowest BCUT2D eigenvalue weighted by Crippen LogP contribution is -2.46. The molecule has 1 N–H and O–H groups in total. The Hall–Kier alpha value is -1.24. The van der Waals surface area contributed by atoms with Crippen LogP contribution in [0, 0.1) is 0 Å². The molecule has 114 valence electrons. The number of aliphatic carboxylic acids is 1. The van der Waals surface area contributed by atoms with E-state index in [9.17, 15) is 9.59 Å². The molecule has 0 bridgehead atoms. The molecule has 1 aromatic rings. The number of carboxylic acid groups (broad SMARTS) is 1. The van der Waals surface area contributed by atoms with E-state index in [2.05, 4.69) is 0 Å². The van der Waals surface area contributed by atoms with Crippen molar-refractivity contribution in [2.24, 2.45) is 0 Å². The molecule has 0 aliphatic carbocycles. The van der Waals surface area contributed by atoms with Gasteiger partial charge in [0.05, 0.1) is 24.9 Å². The summed E-state index contributed by atoms with van der Waals surface area (Å²) in [6.45, 7) is 1.23. The zero-order valence-electron chi connectivity index (χ0n) is 11.3. The van der Waals surface area contributed by atoms with Gasteiger partial charge in [0.25, 0.3) is 0 Å². The Morgan fingerprint density at radius 1 is 1.38 bits per heavy atom. The number of benzene rings is 1. The average molecular weight is 330 g/mol. The summed E-state index contributed by atoms with van der Waals surface area (Å²) in [5, 5.41) is 9.43. The highest BCUT2D eigenvalue weighted by Crippen LogP contribution is 2.21. The Morgan fingerprint density at radius 2 is 2.10 bits per heavy atom. The number of thioether (sulfide) groups is 1. The first-order valence-electron chi connectivity index (χ1n) is 6.54. The Morgan fingerprint density at radius 3 is 2.76 bits per heavy atom. The van der Waals surface area contributed by atoms with Crippen LogP contribution in [0.4, 0.5) is 0 Å². The fourth-order valence-electron chi connectivity index (χ4n) is 2.03. The fraction of sp³-hybridized carbons (Fsp3) is 0.429. The number of rotatable bonds is 5. The van der Waals surface area contributed by atoms with Gasteiger partial charge < -0.3 is 14.7 Å². The molecule has 1 amide bonds. The maximum atomic E-state index is 12.1. The molecule has 1 aliphatic heterocycles. The number of hydrogen-bond acceptors (Lipinski definition) is 4. The van der Waals surface area contributed by atoms with E-state index in [4.69, 9.17) is 21.4 Å². The van der Waals surface area contributed by atoms with E-state index < -0.39 is 12.1 Å². The lowest BCUT2D eigenvalue weighted by molar-refractivity contribution is -0.146. The summed E-state index contributed by atoms with van der Waals surface area (Å²) < 4.78 is 5.35. The van der Waals surface area contributed by atoms with Gasteiger partial charge in [-0.1, -0.05) is 11.6 Å². The van der Waals surface area contributed by atoms with Crippen molar-refractivity contribution in [1.29, 1.82) is 0 Å². The van der Waals surface area contributed by atoms with Crippen molar-refractivity contribution in [3.8, 4) is 0 Å². The summed E-state index contributed by atoms with van der Waals surface area (Å²) in [4.78, 5) is 25.5. The van der Waals surface area contributed by atoms with Gasteiger partial charge in [-0.25, -0.2) is 0 Å². The van der Waals surface area contributed by atoms with Gasteiger partial charge in [-0.3, -0.25) is 9.59 Å². The Bertz CT molecular complexity index is 508. The van der Waals surface area contributed by atoms with E-state index in [-0.39, 0.29) is 12.3 Å². The number of nitrogens with zero attached hydrogens (tertiary/aromatic N) is 1. The molecule has 0 spiro atoms. The number of carboxylic acids is 1. The molecular formula is C14H16ClNO4S. The molecule has 1 atom stereocenters. The molecule has 1 heterocycles. The van der Waals surface area contributed by atoms with Gasteiger partial charge in [0.2, 0.25) is 5.91 Å². The normalized spacial score (nSPS) is 18.5. The number of ether oxygens (including phenoxy) is 1. The van der Waals surface area contributed by atoms with Crippen LogP contribution >= 0.6 is 23.4 Å². The van der Waals surface area contributed by atoms with E-state index in [1.165, 1.54) is 11.8 Å². The van der Waals surface area contributed by atoms with Crippen LogP contribution in [0.1, 0.15) is 6.42 Å². The Balaban J connectivity index is 1.82. The third kappa shape index (κ3) is 5.22. The minimum Gasteiger partial charge on any atom is -0.481 e. The van der Waals surface area contributed by atoms with Crippen LogP contribution in [-0.2, 0) is 14.3 Å². The van der Waals surface area contributed by atoms with Gasteiger partial charge in [-0.05, 0) is 24.3 Å². The molecule has 0 saturated carbocycles. The standard InChI is InChI=1S/C14H16ClNO4S/c15-10-1-3-12(4-2-10)21-9-13(17)16-5-6-20-11(8-16)7-14(18)19/h1-4,11H,5-9H2,(H,18,19). The lowest BCUT2D eigenvalue weighted by Gasteiger charge is -2.32. The monoisotopic (exact) mass is 329 g/mol. The van der Waals surface area contributed by atoms with Gasteiger partial charge in [0.1, 0.15) is 0 Å². The van der Waals surface area contributed by atoms with Gasteiger partial charge in [0.15, 0.2) is 0 Å². The number of amides is 1. The highest BCUT2D eigenvalue weighted by molar-refractivity contribution is 8.00. The molecule has 1 unspecified atom stereocenters. The van der Waals surface area contributed by atoms with E-state index in [1.807, 2.05) is 12.1 Å². The first-order chi connectivity index (χ1) is 10.0. The van der Waals surface area contributed by atoms with E-state index in [1.54, 1.807) is 17.0 Å². The topological polar surface area (TPSA) is 66.8 Å². The molecule has 2 rings (SSSR count). The molecule has 0 radical (unpaired) electrons. The largest absolute Gasteiger partial charge is 0.481 e. The van der Waals surface area contributed by atoms with Crippen LogP contribution in [0.5, 0.6) is 0 Å². The second kappa shape index (κ2) is 7.68. The highest BCUT2D eigenvalue weighted by atomic mass is 35.5. The summed E-state index contributed by atoms with van der Waals surface area (Å²) in [7, 11) is 0. The molecule has 5 nitrogen and oxygen atoms in total. The van der Waals surface area contributed by atoms with Gasteiger partial charge >= 0.3 is 5.97 Å². The predicted molar refractivity (Wildman–Crippen MR) is 80.7 cm³/mol. The van der Waals surface area contributed by atoms with Crippen molar-refractivity contribution in [2.75, 3.05) is 25.4 Å². The van der Waals surface area contributed by atoms with Crippen molar-refractivity contribution in [3.05, 3.63) is 29.3 Å². The molecule has 1 aromatic carbocycles. The maximum Gasteiger partial charge on any atom is 0.306 e. The first-order valence-corrected chi connectivity index (χ1v) is 7.90. The zero-order valence-corrected chi connectivity index (χ0v) is 12.9. The van der Waals surface area contributed by atoms with E-state index in [0.717, 1.165) is 4.90 Å². The molecule has 0 aromatic heterocycles. The number of hydrogen-bond donors (Lipinski definition) is 1. The molecule has 1 fully saturated rings. The van der Waals surface area contributed by atoms with Gasteiger partial charge in [-0.2, -0.15) is 0 Å². The van der Waals surface area contributed by atoms with Crippen LogP contribution in [0.3, 0.4) is 0 Å². The van der Waals surface area contributed by atoms with Crippen LogP contribution in [0.15, 0.2) is 29.2 Å². The minimum atomic E-state index is -0.912. The van der Waals surface area contributed by atoms with E-state index in [0.29, 0.717) is 30.5 Å². The first kappa shape index (κ1) is 16.1. The number of carbonyl (C=O) groups excluding carboxylic acids is 1. The van der Waals surface area contributed by atoms with Crippen molar-refractivity contribution in [1.82, 2.24) is 4.90 Å². The molecule has 1 saturated heterocycles. The zero-order chi connectivity index (χ0) is 15.2. The van der Waals surface area contributed by atoms with Crippen molar-refractivity contribution >= 4 is 35.2 Å². The highest BCUT2D eigenvalue weighted by Gasteiger charge is 2.25. The number of carbonyl (C=O) groups is 2. The lowest BCUT2D eigenvalue weighted by atomic mass is 10.2. The predicted octanol–water partition coefficient (Wildman–Crippen LogP) is 2.13. The third-order valence-electron chi connectivity index (χ3n) is 3.07. The summed E-state index contributed by atoms with van der Waals surface area (Å²) in [6.07, 6.45) is -0.491. The maximum absolute atomic E-state index is 12.1. The SMILES string of the molecule is O=C(O)CC1CN(C(=O)CSc2ccc(Cl)cc2)CCO1. The molecule has 1 aliphatic rings. The molecule has 21 heavy (non-hydrogen) atoms. The van der Waals surface area contributed by atoms with E-state index >= 15 is 0 Å². The smallest absolute Gasteiger partial charge is 0.306 e. The fourth-order valence-corrected chi connectivity index (χ4v) is 2.96. The average Bonchev–Trinajstić information content (AvgIpc) is 2.46. The van der Waals surface area contributed by atoms with Gasteiger partial charge in [0, 0.05) is 23.0 Å². The summed E-state index contributed by atoms with van der Waals surface area (Å²) in [6, 6.07) is 7.30. The number of halogens is 1. The summed E-state index contributed by atoms with van der Waals surface area (Å²) >= 11 is 7.25. The second-order valence-electron chi connectivity index (χ2n) is 4.67. The van der Waals surface area contributed by atoms with Crippen molar-refractivity contribution in [3.63, 3.8) is 0 Å². The van der Waals surface area contributed by atoms with Crippen LogP contribution in [-0.4, -0.2) is 53.4 Å². The quantitative estimate of drug-likeness (QED) is 0.838. The van der Waals surface area contributed by atoms with Gasteiger partial charge in [-0.15, -0.1) is 11.8 Å². The van der Waals surface area contributed by atoms with Crippen LogP contribution in [0.25, 0.3) is 0 Å². The Labute approximate surface area is 132 Å². The Kier molecular flexibility index (Phi) is 5.90. The van der Waals surface area contributed by atoms with Crippen LogP contribution < -0.4 is 0 Å². The molecular weight excluding hydrogens is 314 g/mol. The molecule has 7 heteroatoms. The third-order valence-corrected chi connectivity index (χ3v) is 4.32. The summed E-state index contributed by atoms with van der Waals surface area (Å²) in [5.41, 5.74) is 0. The van der Waals surface area contributed by atoms with Crippen LogP contribution in [0.2, 0.25) is 5.02 Å². The minimum absolute atomic E-state index is 0.00589. The van der Waals surface area contributed by atoms with Crippen molar-refractivity contribution < 1.29 is 19.4 Å². The summed E-state index contributed by atoms with van der Waals surface area (Å²) in [5.74, 6) is -0.597. The van der Waals surface area contributed by atoms with Crippen molar-refractivity contribution in [2.45, 2.75) is 17.4 Å². The number of morpholine rings is 1.